The monoisotopic (exact) mass is 239 g/mol. The minimum absolute atomic E-state index is 0.00792. The van der Waals surface area contributed by atoms with Gasteiger partial charge in [0.05, 0.1) is 6.26 Å². The highest BCUT2D eigenvalue weighted by molar-refractivity contribution is 5.76. The van der Waals surface area contributed by atoms with Crippen LogP contribution in [-0.4, -0.2) is 23.7 Å². The molecule has 1 aromatic heterocycles. The Morgan fingerprint density at radius 2 is 2.29 bits per heavy atom. The summed E-state index contributed by atoms with van der Waals surface area (Å²) in [5.41, 5.74) is 0. The van der Waals surface area contributed by atoms with Crippen LogP contribution in [0.2, 0.25) is 0 Å². The molecule has 0 aliphatic rings. The van der Waals surface area contributed by atoms with E-state index in [9.17, 15) is 4.79 Å². The van der Waals surface area contributed by atoms with E-state index in [0.29, 0.717) is 25.2 Å². The Hall–Kier alpha value is -1.29. The van der Waals surface area contributed by atoms with Crippen LogP contribution in [0.3, 0.4) is 0 Å². The summed E-state index contributed by atoms with van der Waals surface area (Å²) in [6.07, 6.45) is 3.24. The van der Waals surface area contributed by atoms with Gasteiger partial charge in [-0.25, -0.2) is 0 Å². The Bertz CT molecular complexity index is 319. The maximum absolute atomic E-state index is 11.7. The fourth-order valence-electron chi connectivity index (χ4n) is 1.68. The molecule has 0 fully saturated rings. The summed E-state index contributed by atoms with van der Waals surface area (Å²) >= 11 is 0. The summed E-state index contributed by atoms with van der Waals surface area (Å²) < 4.78 is 5.16. The third kappa shape index (κ3) is 5.04. The lowest BCUT2D eigenvalue weighted by molar-refractivity contribution is -0.122. The van der Waals surface area contributed by atoms with Crippen molar-refractivity contribution in [3.63, 3.8) is 0 Å². The zero-order valence-electron chi connectivity index (χ0n) is 10.5. The van der Waals surface area contributed by atoms with Crippen molar-refractivity contribution in [2.24, 2.45) is 5.92 Å². The van der Waals surface area contributed by atoms with Gasteiger partial charge in [0.1, 0.15) is 5.76 Å². The number of nitrogens with one attached hydrogen (secondary N) is 1. The van der Waals surface area contributed by atoms with Gasteiger partial charge in [-0.1, -0.05) is 13.8 Å². The van der Waals surface area contributed by atoms with Crippen molar-refractivity contribution in [3.8, 4) is 0 Å². The SMILES string of the molecule is CC(C)C(CCO)NC(=O)CCc1ccco1. The van der Waals surface area contributed by atoms with Crippen molar-refractivity contribution in [2.45, 2.75) is 39.2 Å². The smallest absolute Gasteiger partial charge is 0.220 e. The second-order valence-corrected chi connectivity index (χ2v) is 4.51. The number of hydrogen-bond acceptors (Lipinski definition) is 3. The molecular weight excluding hydrogens is 218 g/mol. The molecule has 1 amide bonds. The van der Waals surface area contributed by atoms with Gasteiger partial charge in [0.2, 0.25) is 5.91 Å². The summed E-state index contributed by atoms with van der Waals surface area (Å²) in [6, 6.07) is 3.72. The maximum atomic E-state index is 11.7. The van der Waals surface area contributed by atoms with Crippen molar-refractivity contribution in [1.82, 2.24) is 5.32 Å². The quantitative estimate of drug-likeness (QED) is 0.761. The summed E-state index contributed by atoms with van der Waals surface area (Å²) in [4.78, 5) is 11.7. The molecule has 0 saturated carbocycles. The number of carbonyl (C=O) groups is 1. The van der Waals surface area contributed by atoms with E-state index in [1.807, 2.05) is 26.0 Å². The fourth-order valence-corrected chi connectivity index (χ4v) is 1.68. The highest BCUT2D eigenvalue weighted by Gasteiger charge is 2.15. The molecule has 0 spiro atoms. The molecule has 2 N–H and O–H groups in total. The minimum Gasteiger partial charge on any atom is -0.469 e. The average molecular weight is 239 g/mol. The number of furan rings is 1. The third-order valence-corrected chi connectivity index (χ3v) is 2.77. The first-order valence-electron chi connectivity index (χ1n) is 6.06. The number of carbonyl (C=O) groups excluding carboxylic acids is 1. The number of aliphatic hydroxyl groups excluding tert-OH is 1. The van der Waals surface area contributed by atoms with E-state index in [2.05, 4.69) is 5.32 Å². The highest BCUT2D eigenvalue weighted by Crippen LogP contribution is 2.07. The van der Waals surface area contributed by atoms with Gasteiger partial charge in [-0.2, -0.15) is 0 Å². The van der Waals surface area contributed by atoms with E-state index < -0.39 is 0 Å². The van der Waals surface area contributed by atoms with Gasteiger partial charge in [-0.3, -0.25) is 4.79 Å². The van der Waals surface area contributed by atoms with Gasteiger partial charge >= 0.3 is 0 Å². The predicted molar refractivity (Wildman–Crippen MR) is 65.5 cm³/mol. The molecule has 0 aliphatic heterocycles. The van der Waals surface area contributed by atoms with Gasteiger partial charge in [0.25, 0.3) is 0 Å². The van der Waals surface area contributed by atoms with Crippen LogP contribution in [0, 0.1) is 5.92 Å². The lowest BCUT2D eigenvalue weighted by Gasteiger charge is -2.21. The van der Waals surface area contributed by atoms with E-state index in [0.717, 1.165) is 5.76 Å². The highest BCUT2D eigenvalue weighted by atomic mass is 16.3. The molecule has 1 aromatic rings. The Morgan fingerprint density at radius 1 is 1.53 bits per heavy atom. The summed E-state index contributed by atoms with van der Waals surface area (Å²) in [5, 5.41) is 11.9. The van der Waals surface area contributed by atoms with Crippen LogP contribution < -0.4 is 5.32 Å². The van der Waals surface area contributed by atoms with Crippen molar-refractivity contribution >= 4 is 5.91 Å². The second kappa shape index (κ2) is 7.12. The number of rotatable bonds is 7. The van der Waals surface area contributed by atoms with Gasteiger partial charge in [0.15, 0.2) is 0 Å². The molecule has 0 bridgehead atoms. The fraction of sp³-hybridized carbons (Fsp3) is 0.615. The zero-order valence-corrected chi connectivity index (χ0v) is 10.5. The Labute approximate surface area is 102 Å². The molecule has 4 heteroatoms. The number of amides is 1. The first-order chi connectivity index (χ1) is 8.13. The van der Waals surface area contributed by atoms with Crippen LogP contribution in [0.15, 0.2) is 22.8 Å². The number of aliphatic hydroxyl groups is 1. The molecule has 1 rings (SSSR count). The van der Waals surface area contributed by atoms with E-state index >= 15 is 0 Å². The molecule has 4 nitrogen and oxygen atoms in total. The normalized spacial score (nSPS) is 12.7. The predicted octanol–water partition coefficient (Wildman–Crippen LogP) is 1.74. The lowest BCUT2D eigenvalue weighted by Crippen LogP contribution is -2.39. The average Bonchev–Trinajstić information content (AvgIpc) is 2.78. The van der Waals surface area contributed by atoms with E-state index in [1.165, 1.54) is 0 Å². The van der Waals surface area contributed by atoms with E-state index in [4.69, 9.17) is 9.52 Å². The molecule has 17 heavy (non-hydrogen) atoms. The lowest BCUT2D eigenvalue weighted by atomic mass is 10.0. The minimum atomic E-state index is 0.00792. The zero-order chi connectivity index (χ0) is 12.7. The standard InChI is InChI=1S/C13H21NO3/c1-10(2)12(7-8-15)14-13(16)6-5-11-4-3-9-17-11/h3-4,9-10,12,15H,5-8H2,1-2H3,(H,14,16). The Balaban J connectivity index is 2.32. The number of aryl methyl sites for hydroxylation is 1. The Kier molecular flexibility index (Phi) is 5.77. The molecule has 1 heterocycles. The van der Waals surface area contributed by atoms with Crippen LogP contribution in [0.5, 0.6) is 0 Å². The number of hydrogen-bond donors (Lipinski definition) is 2. The molecule has 0 radical (unpaired) electrons. The second-order valence-electron chi connectivity index (χ2n) is 4.51. The summed E-state index contributed by atoms with van der Waals surface area (Å²) in [7, 11) is 0. The van der Waals surface area contributed by atoms with Gasteiger partial charge < -0.3 is 14.8 Å². The molecule has 96 valence electrons. The Morgan fingerprint density at radius 3 is 2.82 bits per heavy atom. The van der Waals surface area contributed by atoms with Crippen LogP contribution in [0.25, 0.3) is 0 Å². The van der Waals surface area contributed by atoms with Crippen LogP contribution in [0.1, 0.15) is 32.4 Å². The first kappa shape index (κ1) is 13.8. The topological polar surface area (TPSA) is 62.5 Å². The van der Waals surface area contributed by atoms with Gasteiger partial charge in [-0.15, -0.1) is 0 Å². The van der Waals surface area contributed by atoms with Gasteiger partial charge in [0, 0.05) is 25.5 Å². The van der Waals surface area contributed by atoms with Crippen molar-refractivity contribution in [3.05, 3.63) is 24.2 Å². The van der Waals surface area contributed by atoms with Crippen molar-refractivity contribution < 1.29 is 14.3 Å². The first-order valence-corrected chi connectivity index (χ1v) is 6.06. The summed E-state index contributed by atoms with van der Waals surface area (Å²) in [5.74, 6) is 1.16. The largest absolute Gasteiger partial charge is 0.469 e. The third-order valence-electron chi connectivity index (χ3n) is 2.77. The van der Waals surface area contributed by atoms with Crippen molar-refractivity contribution in [1.29, 1.82) is 0 Å². The van der Waals surface area contributed by atoms with Crippen LogP contribution in [-0.2, 0) is 11.2 Å². The molecule has 0 aromatic carbocycles. The van der Waals surface area contributed by atoms with E-state index in [-0.39, 0.29) is 18.6 Å². The summed E-state index contributed by atoms with van der Waals surface area (Å²) in [6.45, 7) is 4.17. The molecule has 0 aliphatic carbocycles. The van der Waals surface area contributed by atoms with Crippen LogP contribution >= 0.6 is 0 Å². The van der Waals surface area contributed by atoms with Crippen LogP contribution in [0.4, 0.5) is 0 Å². The molecule has 1 atom stereocenters. The molecule has 1 unspecified atom stereocenters. The van der Waals surface area contributed by atoms with Gasteiger partial charge in [-0.05, 0) is 24.5 Å². The van der Waals surface area contributed by atoms with E-state index in [1.54, 1.807) is 6.26 Å². The van der Waals surface area contributed by atoms with Crippen molar-refractivity contribution in [2.75, 3.05) is 6.61 Å². The molecule has 0 saturated heterocycles. The molecular formula is C13H21NO3. The maximum Gasteiger partial charge on any atom is 0.220 e.